The van der Waals surface area contributed by atoms with E-state index in [1.807, 2.05) is 31.2 Å². The summed E-state index contributed by atoms with van der Waals surface area (Å²) >= 11 is 2.22. The molecule has 1 N–H and O–H groups in total. The highest BCUT2D eigenvalue weighted by molar-refractivity contribution is 14.1. The third-order valence-electron chi connectivity index (χ3n) is 2.32. The number of rotatable bonds is 5. The summed E-state index contributed by atoms with van der Waals surface area (Å²) in [6.45, 7) is 1.41. The molecule has 17 heavy (non-hydrogen) atoms. The molecule has 0 spiro atoms. The van der Waals surface area contributed by atoms with Crippen molar-refractivity contribution in [3.8, 4) is 0 Å². The molecule has 0 saturated heterocycles. The van der Waals surface area contributed by atoms with Crippen molar-refractivity contribution in [2.75, 3.05) is 13.1 Å². The molecular formula is C12H15F3IN. The average molecular weight is 357 g/mol. The molecule has 96 valence electrons. The molecule has 0 amide bonds. The molecule has 1 atom stereocenters. The summed E-state index contributed by atoms with van der Waals surface area (Å²) in [5.74, 6) is 0.192. The molecule has 0 radical (unpaired) electrons. The summed E-state index contributed by atoms with van der Waals surface area (Å²) in [6, 6.07) is 8.04. The van der Waals surface area contributed by atoms with E-state index < -0.39 is 12.7 Å². The number of benzene rings is 1. The lowest BCUT2D eigenvalue weighted by Crippen LogP contribution is -2.32. The number of hydrogen-bond donors (Lipinski definition) is 1. The topological polar surface area (TPSA) is 12.0 Å². The Kier molecular flexibility index (Phi) is 5.72. The zero-order valence-corrected chi connectivity index (χ0v) is 11.7. The molecule has 1 nitrogen and oxygen atoms in total. The Hall–Kier alpha value is -0.300. The molecule has 1 unspecified atom stereocenters. The SMILES string of the molecule is CC(CNCC(F)(F)F)Cc1ccc(I)cc1. The molecule has 0 aliphatic heterocycles. The standard InChI is InChI=1S/C12H15F3IN/c1-9(7-17-8-12(13,14)15)6-10-2-4-11(16)5-3-10/h2-5,9,17H,6-8H2,1H3. The second-order valence-electron chi connectivity index (χ2n) is 4.18. The van der Waals surface area contributed by atoms with Crippen LogP contribution < -0.4 is 5.32 Å². The Morgan fingerprint density at radius 2 is 1.82 bits per heavy atom. The van der Waals surface area contributed by atoms with Crippen molar-refractivity contribution in [3.63, 3.8) is 0 Å². The van der Waals surface area contributed by atoms with Crippen molar-refractivity contribution in [2.24, 2.45) is 5.92 Å². The highest BCUT2D eigenvalue weighted by atomic mass is 127. The number of hydrogen-bond acceptors (Lipinski definition) is 1. The fourth-order valence-electron chi connectivity index (χ4n) is 1.56. The van der Waals surface area contributed by atoms with E-state index in [9.17, 15) is 13.2 Å². The molecule has 1 aromatic rings. The van der Waals surface area contributed by atoms with Crippen molar-refractivity contribution < 1.29 is 13.2 Å². The van der Waals surface area contributed by atoms with Gasteiger partial charge in [0.2, 0.25) is 0 Å². The minimum Gasteiger partial charge on any atom is -0.308 e. The zero-order chi connectivity index (χ0) is 12.9. The minimum absolute atomic E-state index is 0.192. The first kappa shape index (κ1) is 14.8. The van der Waals surface area contributed by atoms with Gasteiger partial charge in [-0.15, -0.1) is 0 Å². The smallest absolute Gasteiger partial charge is 0.308 e. The van der Waals surface area contributed by atoms with Gasteiger partial charge < -0.3 is 5.32 Å². The third kappa shape index (κ3) is 6.88. The van der Waals surface area contributed by atoms with Gasteiger partial charge in [0.05, 0.1) is 6.54 Å². The monoisotopic (exact) mass is 357 g/mol. The number of nitrogens with one attached hydrogen (secondary N) is 1. The molecule has 0 saturated carbocycles. The zero-order valence-electron chi connectivity index (χ0n) is 9.52. The van der Waals surface area contributed by atoms with Gasteiger partial charge in [0.25, 0.3) is 0 Å². The van der Waals surface area contributed by atoms with E-state index in [1.54, 1.807) is 0 Å². The van der Waals surface area contributed by atoms with Crippen LogP contribution in [0.2, 0.25) is 0 Å². The summed E-state index contributed by atoms with van der Waals surface area (Å²) in [6.07, 6.45) is -3.33. The predicted octanol–water partition coefficient (Wildman–Crippen LogP) is 3.62. The van der Waals surface area contributed by atoms with E-state index >= 15 is 0 Å². The van der Waals surface area contributed by atoms with Gasteiger partial charge in [-0.25, -0.2) is 0 Å². The van der Waals surface area contributed by atoms with Crippen LogP contribution in [0.5, 0.6) is 0 Å². The lowest BCUT2D eigenvalue weighted by atomic mass is 10.0. The lowest BCUT2D eigenvalue weighted by molar-refractivity contribution is -0.125. The minimum atomic E-state index is -4.12. The Bertz CT molecular complexity index is 335. The first-order valence-electron chi connectivity index (χ1n) is 5.39. The Morgan fingerprint density at radius 1 is 1.24 bits per heavy atom. The highest BCUT2D eigenvalue weighted by Crippen LogP contribution is 2.14. The van der Waals surface area contributed by atoms with E-state index in [1.165, 1.54) is 0 Å². The third-order valence-corrected chi connectivity index (χ3v) is 3.03. The van der Waals surface area contributed by atoms with Crippen LogP contribution in [0.1, 0.15) is 12.5 Å². The Labute approximate surface area is 113 Å². The Balaban J connectivity index is 2.30. The molecular weight excluding hydrogens is 342 g/mol. The normalized spacial score (nSPS) is 13.7. The first-order valence-corrected chi connectivity index (χ1v) is 6.46. The van der Waals surface area contributed by atoms with E-state index in [0.717, 1.165) is 15.6 Å². The quantitative estimate of drug-likeness (QED) is 0.794. The molecule has 0 heterocycles. The summed E-state index contributed by atoms with van der Waals surface area (Å²) < 4.78 is 36.9. The van der Waals surface area contributed by atoms with Crippen molar-refractivity contribution in [1.82, 2.24) is 5.32 Å². The predicted molar refractivity (Wildman–Crippen MR) is 71.0 cm³/mol. The summed E-state index contributed by atoms with van der Waals surface area (Å²) in [7, 11) is 0. The number of halogens is 4. The van der Waals surface area contributed by atoms with Crippen LogP contribution in [0.4, 0.5) is 13.2 Å². The molecule has 0 bridgehead atoms. The van der Waals surface area contributed by atoms with Crippen LogP contribution in [0.25, 0.3) is 0 Å². The van der Waals surface area contributed by atoms with E-state index in [-0.39, 0.29) is 5.92 Å². The fourth-order valence-corrected chi connectivity index (χ4v) is 1.91. The first-order chi connectivity index (χ1) is 7.87. The number of alkyl halides is 3. The largest absolute Gasteiger partial charge is 0.401 e. The maximum atomic E-state index is 11.9. The van der Waals surface area contributed by atoms with Gasteiger partial charge in [-0.1, -0.05) is 19.1 Å². The summed E-state index contributed by atoms with van der Waals surface area (Å²) in [5.41, 5.74) is 1.16. The maximum Gasteiger partial charge on any atom is 0.401 e. The molecule has 0 aliphatic rings. The van der Waals surface area contributed by atoms with Crippen molar-refractivity contribution in [2.45, 2.75) is 19.5 Å². The molecule has 1 rings (SSSR count). The van der Waals surface area contributed by atoms with Gasteiger partial charge in [-0.3, -0.25) is 0 Å². The second-order valence-corrected chi connectivity index (χ2v) is 5.43. The van der Waals surface area contributed by atoms with Crippen LogP contribution in [-0.4, -0.2) is 19.3 Å². The van der Waals surface area contributed by atoms with E-state index in [4.69, 9.17) is 0 Å². The fraction of sp³-hybridized carbons (Fsp3) is 0.500. The van der Waals surface area contributed by atoms with E-state index in [0.29, 0.717) is 6.54 Å². The van der Waals surface area contributed by atoms with Gasteiger partial charge in [0.15, 0.2) is 0 Å². The second kappa shape index (κ2) is 6.58. The summed E-state index contributed by atoms with van der Waals surface area (Å²) in [4.78, 5) is 0. The Morgan fingerprint density at radius 3 is 2.35 bits per heavy atom. The van der Waals surface area contributed by atoms with Crippen LogP contribution >= 0.6 is 22.6 Å². The van der Waals surface area contributed by atoms with Gasteiger partial charge in [-0.05, 0) is 59.2 Å². The molecule has 5 heteroatoms. The molecule has 1 aromatic carbocycles. The van der Waals surface area contributed by atoms with Crippen LogP contribution in [0, 0.1) is 9.49 Å². The molecule has 0 aromatic heterocycles. The van der Waals surface area contributed by atoms with Gasteiger partial charge >= 0.3 is 6.18 Å². The van der Waals surface area contributed by atoms with Crippen molar-refractivity contribution >= 4 is 22.6 Å². The average Bonchev–Trinajstić information content (AvgIpc) is 2.19. The highest BCUT2D eigenvalue weighted by Gasteiger charge is 2.26. The summed E-state index contributed by atoms with van der Waals surface area (Å²) in [5, 5.41) is 2.43. The molecule has 0 fully saturated rings. The van der Waals surface area contributed by atoms with Gasteiger partial charge in [0, 0.05) is 3.57 Å². The lowest BCUT2D eigenvalue weighted by Gasteiger charge is -2.14. The van der Waals surface area contributed by atoms with Gasteiger partial charge in [0.1, 0.15) is 0 Å². The van der Waals surface area contributed by atoms with Gasteiger partial charge in [-0.2, -0.15) is 13.2 Å². The van der Waals surface area contributed by atoms with E-state index in [2.05, 4.69) is 27.9 Å². The van der Waals surface area contributed by atoms with Crippen LogP contribution in [0.15, 0.2) is 24.3 Å². The van der Waals surface area contributed by atoms with Crippen LogP contribution in [-0.2, 0) is 6.42 Å². The molecule has 0 aliphatic carbocycles. The van der Waals surface area contributed by atoms with Crippen molar-refractivity contribution in [1.29, 1.82) is 0 Å². The maximum absolute atomic E-state index is 11.9. The van der Waals surface area contributed by atoms with Crippen LogP contribution in [0.3, 0.4) is 0 Å². The van der Waals surface area contributed by atoms with Crippen molar-refractivity contribution in [3.05, 3.63) is 33.4 Å².